The Balaban J connectivity index is 1.71. The van der Waals surface area contributed by atoms with Gasteiger partial charge in [-0.05, 0) is 57.0 Å². The number of amides is 1. The number of esters is 2. The molecule has 1 aromatic carbocycles. The molecular formula is C21H24N2O8S2. The van der Waals surface area contributed by atoms with Gasteiger partial charge in [-0.25, -0.2) is 22.7 Å². The van der Waals surface area contributed by atoms with Crippen molar-refractivity contribution in [3.63, 3.8) is 0 Å². The van der Waals surface area contributed by atoms with Gasteiger partial charge >= 0.3 is 11.9 Å². The topological polar surface area (TPSA) is 137 Å². The average molecular weight is 497 g/mol. The molecule has 0 spiro atoms. The minimum absolute atomic E-state index is 0.0517. The zero-order valence-corrected chi connectivity index (χ0v) is 20.0. The van der Waals surface area contributed by atoms with Crippen molar-refractivity contribution < 1.29 is 37.0 Å². The maximum atomic E-state index is 12.4. The van der Waals surface area contributed by atoms with Crippen LogP contribution in [-0.4, -0.2) is 53.6 Å². The van der Waals surface area contributed by atoms with Gasteiger partial charge in [-0.2, -0.15) is 0 Å². The van der Waals surface area contributed by atoms with Crippen LogP contribution in [-0.2, 0) is 37.1 Å². The van der Waals surface area contributed by atoms with Crippen molar-refractivity contribution >= 4 is 44.2 Å². The molecule has 1 aromatic heterocycles. The van der Waals surface area contributed by atoms with Crippen LogP contribution in [0.5, 0.6) is 5.75 Å². The lowest BCUT2D eigenvalue weighted by Gasteiger charge is -2.11. The number of carbonyl (C=O) groups excluding carboxylic acids is 3. The number of anilines is 1. The Bertz CT molecular complexity index is 1190. The van der Waals surface area contributed by atoms with E-state index in [0.717, 1.165) is 35.8 Å². The van der Waals surface area contributed by atoms with Gasteiger partial charge in [0.05, 0.1) is 24.8 Å². The van der Waals surface area contributed by atoms with E-state index in [1.807, 2.05) is 0 Å². The molecule has 1 amide bonds. The lowest BCUT2D eigenvalue weighted by Crippen LogP contribution is -2.22. The third-order valence-corrected chi connectivity index (χ3v) is 7.59. The van der Waals surface area contributed by atoms with E-state index in [0.29, 0.717) is 10.6 Å². The molecule has 178 valence electrons. The van der Waals surface area contributed by atoms with E-state index in [9.17, 15) is 22.8 Å². The van der Waals surface area contributed by atoms with E-state index >= 15 is 0 Å². The number of aryl methyl sites for hydroxylation is 1. The zero-order valence-electron chi connectivity index (χ0n) is 18.4. The van der Waals surface area contributed by atoms with Crippen molar-refractivity contribution in [2.45, 2.75) is 31.1 Å². The molecule has 2 N–H and O–H groups in total. The van der Waals surface area contributed by atoms with Gasteiger partial charge in [-0.3, -0.25) is 4.79 Å². The normalized spacial score (nSPS) is 12.7. The quantitative estimate of drug-likeness (QED) is 0.504. The molecule has 0 bridgehead atoms. The summed E-state index contributed by atoms with van der Waals surface area (Å²) in [6.07, 6.45) is 2.50. The average Bonchev–Trinajstić information content (AvgIpc) is 3.37. The van der Waals surface area contributed by atoms with Gasteiger partial charge in [0.1, 0.15) is 15.6 Å². The molecule has 1 aliphatic carbocycles. The van der Waals surface area contributed by atoms with Crippen molar-refractivity contribution in [2.24, 2.45) is 0 Å². The number of ether oxygens (including phenoxy) is 3. The summed E-state index contributed by atoms with van der Waals surface area (Å²) in [5.41, 5.74) is 1.17. The number of methoxy groups -OCH3 is 1. The standard InChI is InChI=1S/C21H24N2O8S2/c1-4-30-21(26)18-13-6-5-7-15(13)32-19(18)23-17(24)11-31-20(25)12-8-9-14(29-3)16(10-12)33(27,28)22-2/h8-10,22H,4-7,11H2,1-3H3,(H,23,24). The fourth-order valence-corrected chi connectivity index (χ4v) is 5.62. The van der Waals surface area contributed by atoms with Crippen LogP contribution in [0.4, 0.5) is 5.00 Å². The minimum Gasteiger partial charge on any atom is -0.495 e. The summed E-state index contributed by atoms with van der Waals surface area (Å²) in [4.78, 5) is 38.0. The minimum atomic E-state index is -3.89. The van der Waals surface area contributed by atoms with Gasteiger partial charge in [-0.15, -0.1) is 11.3 Å². The van der Waals surface area contributed by atoms with Gasteiger partial charge in [0.25, 0.3) is 5.91 Å². The molecule has 0 saturated heterocycles. The molecule has 1 heterocycles. The number of rotatable bonds is 9. The summed E-state index contributed by atoms with van der Waals surface area (Å²) in [5.74, 6) is -1.97. The van der Waals surface area contributed by atoms with Crippen LogP contribution < -0.4 is 14.8 Å². The summed E-state index contributed by atoms with van der Waals surface area (Å²) >= 11 is 1.31. The van der Waals surface area contributed by atoms with E-state index in [1.54, 1.807) is 6.92 Å². The van der Waals surface area contributed by atoms with Crippen LogP contribution >= 0.6 is 11.3 Å². The molecule has 12 heteroatoms. The monoisotopic (exact) mass is 496 g/mol. The maximum absolute atomic E-state index is 12.4. The largest absolute Gasteiger partial charge is 0.495 e. The Morgan fingerprint density at radius 1 is 1.12 bits per heavy atom. The highest BCUT2D eigenvalue weighted by molar-refractivity contribution is 7.89. The number of sulfonamides is 1. The number of nitrogens with one attached hydrogen (secondary N) is 2. The summed E-state index contributed by atoms with van der Waals surface area (Å²) in [6.45, 7) is 1.29. The summed E-state index contributed by atoms with van der Waals surface area (Å²) in [7, 11) is -1.36. The summed E-state index contributed by atoms with van der Waals surface area (Å²) in [5, 5.41) is 2.99. The second-order valence-corrected chi connectivity index (χ2v) is 9.94. The number of hydrogen-bond acceptors (Lipinski definition) is 9. The van der Waals surface area contributed by atoms with E-state index in [-0.39, 0.29) is 22.8 Å². The number of benzene rings is 1. The van der Waals surface area contributed by atoms with Gasteiger partial charge in [0, 0.05) is 4.88 Å². The van der Waals surface area contributed by atoms with Crippen LogP contribution in [0.2, 0.25) is 0 Å². The third kappa shape index (κ3) is 5.34. The van der Waals surface area contributed by atoms with E-state index < -0.39 is 34.5 Å². The van der Waals surface area contributed by atoms with Crippen molar-refractivity contribution in [1.29, 1.82) is 0 Å². The molecule has 0 fully saturated rings. The molecule has 0 radical (unpaired) electrons. The first-order valence-corrected chi connectivity index (χ1v) is 12.4. The molecule has 0 unspecified atom stereocenters. The predicted molar refractivity (Wildman–Crippen MR) is 120 cm³/mol. The second-order valence-electron chi connectivity index (χ2n) is 6.98. The Kier molecular flexibility index (Phi) is 7.72. The SMILES string of the molecule is CCOC(=O)c1c(NC(=O)COC(=O)c2ccc(OC)c(S(=O)(=O)NC)c2)sc2c1CCC2. The Morgan fingerprint density at radius 2 is 1.88 bits per heavy atom. The van der Waals surface area contributed by atoms with Crippen molar-refractivity contribution in [1.82, 2.24) is 4.72 Å². The van der Waals surface area contributed by atoms with Crippen LogP contribution in [0.1, 0.15) is 44.5 Å². The van der Waals surface area contributed by atoms with Gasteiger partial charge in [0.15, 0.2) is 6.61 Å². The smallest absolute Gasteiger partial charge is 0.341 e. The summed E-state index contributed by atoms with van der Waals surface area (Å²) in [6, 6.07) is 3.75. The lowest BCUT2D eigenvalue weighted by atomic mass is 10.1. The molecule has 0 atom stereocenters. The number of hydrogen-bond donors (Lipinski definition) is 2. The lowest BCUT2D eigenvalue weighted by molar-refractivity contribution is -0.119. The van der Waals surface area contributed by atoms with Crippen LogP contribution in [0.15, 0.2) is 23.1 Å². The maximum Gasteiger partial charge on any atom is 0.341 e. The predicted octanol–water partition coefficient (Wildman–Crippen LogP) is 2.13. The zero-order chi connectivity index (χ0) is 24.2. The molecule has 3 rings (SSSR count). The summed E-state index contributed by atoms with van der Waals surface area (Å²) < 4.78 is 41.7. The van der Waals surface area contributed by atoms with E-state index in [2.05, 4.69) is 10.0 Å². The van der Waals surface area contributed by atoms with Crippen molar-refractivity contribution in [3.05, 3.63) is 39.8 Å². The van der Waals surface area contributed by atoms with Crippen LogP contribution in [0.25, 0.3) is 0 Å². The van der Waals surface area contributed by atoms with E-state index in [4.69, 9.17) is 14.2 Å². The van der Waals surface area contributed by atoms with Gasteiger partial charge in [-0.1, -0.05) is 0 Å². The Labute approximate surface area is 195 Å². The Morgan fingerprint density at radius 3 is 2.55 bits per heavy atom. The molecule has 0 aliphatic heterocycles. The second kappa shape index (κ2) is 10.3. The fourth-order valence-electron chi connectivity index (χ4n) is 3.41. The van der Waals surface area contributed by atoms with Crippen molar-refractivity contribution in [3.8, 4) is 5.75 Å². The number of carbonyl (C=O) groups is 3. The first-order valence-electron chi connectivity index (χ1n) is 10.1. The highest BCUT2D eigenvalue weighted by Gasteiger charge is 2.28. The first kappa shape index (κ1) is 24.7. The third-order valence-electron chi connectivity index (χ3n) is 4.95. The van der Waals surface area contributed by atoms with Gasteiger partial charge in [0.2, 0.25) is 10.0 Å². The van der Waals surface area contributed by atoms with Crippen LogP contribution in [0.3, 0.4) is 0 Å². The molecule has 0 saturated carbocycles. The molecule has 2 aromatic rings. The molecule has 10 nitrogen and oxygen atoms in total. The first-order chi connectivity index (χ1) is 15.7. The van der Waals surface area contributed by atoms with Crippen LogP contribution in [0, 0.1) is 0 Å². The number of thiophene rings is 1. The highest BCUT2D eigenvalue weighted by atomic mass is 32.2. The van der Waals surface area contributed by atoms with E-state index in [1.165, 1.54) is 37.6 Å². The molecular weight excluding hydrogens is 472 g/mol. The highest BCUT2D eigenvalue weighted by Crippen LogP contribution is 2.39. The Hall–Kier alpha value is -2.96. The van der Waals surface area contributed by atoms with Gasteiger partial charge < -0.3 is 19.5 Å². The number of fused-ring (bicyclic) bond motifs is 1. The molecule has 33 heavy (non-hydrogen) atoms. The van der Waals surface area contributed by atoms with Crippen molar-refractivity contribution in [2.75, 3.05) is 32.7 Å². The fraction of sp³-hybridized carbons (Fsp3) is 0.381. The molecule has 1 aliphatic rings.